The number of ether oxygens (including phenoxy) is 1. The highest BCUT2D eigenvalue weighted by molar-refractivity contribution is 6.74. The molecule has 4 heteroatoms. The first-order chi connectivity index (χ1) is 9.21. The molecule has 3 nitrogen and oxygen atoms in total. The van der Waals surface area contributed by atoms with Gasteiger partial charge in [0.1, 0.15) is 6.10 Å². The Kier molecular flexibility index (Phi) is 4.65. The van der Waals surface area contributed by atoms with Crippen LogP contribution in [0.1, 0.15) is 59.3 Å². The molecule has 1 unspecified atom stereocenters. The Balaban J connectivity index is 2.09. The smallest absolute Gasteiger partial charge is 0.306 e. The van der Waals surface area contributed by atoms with Crippen LogP contribution in [0.2, 0.25) is 18.1 Å². The Morgan fingerprint density at radius 2 is 1.85 bits per heavy atom. The van der Waals surface area contributed by atoms with Crippen LogP contribution in [0.15, 0.2) is 0 Å². The van der Waals surface area contributed by atoms with Crippen LogP contribution in [0, 0.1) is 5.92 Å². The van der Waals surface area contributed by atoms with Crippen LogP contribution in [0.25, 0.3) is 0 Å². The van der Waals surface area contributed by atoms with Crippen molar-refractivity contribution in [2.45, 2.75) is 89.6 Å². The highest BCUT2D eigenvalue weighted by Crippen LogP contribution is 2.42. The number of hydrogen-bond acceptors (Lipinski definition) is 3. The third kappa shape index (κ3) is 3.45. The molecule has 1 aliphatic heterocycles. The molecule has 116 valence electrons. The van der Waals surface area contributed by atoms with Crippen molar-refractivity contribution in [3.63, 3.8) is 0 Å². The summed E-state index contributed by atoms with van der Waals surface area (Å²) < 4.78 is 12.3. The minimum absolute atomic E-state index is 0.00882. The predicted molar refractivity (Wildman–Crippen MR) is 83.1 cm³/mol. The lowest BCUT2D eigenvalue weighted by molar-refractivity contribution is -0.153. The second kappa shape index (κ2) is 5.80. The summed E-state index contributed by atoms with van der Waals surface area (Å²) >= 11 is 0. The number of fused-ring (bicyclic) bond motifs is 1. The molecule has 1 heterocycles. The molecule has 0 aromatic carbocycles. The van der Waals surface area contributed by atoms with Crippen molar-refractivity contribution in [1.29, 1.82) is 0 Å². The summed E-state index contributed by atoms with van der Waals surface area (Å²) in [6.07, 6.45) is 6.29. The van der Waals surface area contributed by atoms with E-state index in [0.29, 0.717) is 18.4 Å². The molecule has 20 heavy (non-hydrogen) atoms. The van der Waals surface area contributed by atoms with Crippen LogP contribution < -0.4 is 0 Å². The summed E-state index contributed by atoms with van der Waals surface area (Å²) in [7, 11) is -1.74. The summed E-state index contributed by atoms with van der Waals surface area (Å²) in [6.45, 7) is 11.5. The first-order valence-electron chi connectivity index (χ1n) is 8.08. The summed E-state index contributed by atoms with van der Waals surface area (Å²) in [4.78, 5) is 11.6. The lowest BCUT2D eigenvalue weighted by Crippen LogP contribution is -2.49. The predicted octanol–water partition coefficient (Wildman–Crippen LogP) is 4.27. The maximum Gasteiger partial charge on any atom is 0.306 e. The zero-order valence-electron chi connectivity index (χ0n) is 13.7. The molecule has 2 fully saturated rings. The summed E-state index contributed by atoms with van der Waals surface area (Å²) in [5.74, 6) is 0.412. The van der Waals surface area contributed by atoms with Gasteiger partial charge in [-0.2, -0.15) is 0 Å². The van der Waals surface area contributed by atoms with Gasteiger partial charge in [-0.3, -0.25) is 4.79 Å². The largest absolute Gasteiger partial charge is 0.462 e. The zero-order valence-corrected chi connectivity index (χ0v) is 14.7. The van der Waals surface area contributed by atoms with E-state index in [4.69, 9.17) is 9.16 Å². The van der Waals surface area contributed by atoms with Crippen molar-refractivity contribution in [2.75, 3.05) is 0 Å². The molecule has 1 aliphatic carbocycles. The highest BCUT2D eigenvalue weighted by atomic mass is 28.4. The van der Waals surface area contributed by atoms with Crippen molar-refractivity contribution < 1.29 is 14.0 Å². The van der Waals surface area contributed by atoms with Crippen molar-refractivity contribution in [3.8, 4) is 0 Å². The van der Waals surface area contributed by atoms with E-state index in [1.54, 1.807) is 0 Å². The summed E-state index contributed by atoms with van der Waals surface area (Å²) in [5, 5.41) is 0.237. The third-order valence-corrected chi connectivity index (χ3v) is 9.89. The normalized spacial score (nSPS) is 32.2. The lowest BCUT2D eigenvalue weighted by atomic mass is 9.81. The van der Waals surface area contributed by atoms with E-state index in [1.165, 1.54) is 0 Å². The molecule has 3 atom stereocenters. The Morgan fingerprint density at radius 1 is 1.15 bits per heavy atom. The zero-order chi connectivity index (χ0) is 15.0. The molecule has 2 rings (SSSR count). The quantitative estimate of drug-likeness (QED) is 0.564. The van der Waals surface area contributed by atoms with Gasteiger partial charge in [0, 0.05) is 12.3 Å². The first kappa shape index (κ1) is 16.0. The first-order valence-corrected chi connectivity index (χ1v) is 11.0. The number of esters is 1. The van der Waals surface area contributed by atoms with Crippen LogP contribution >= 0.6 is 0 Å². The Labute approximate surface area is 124 Å². The van der Waals surface area contributed by atoms with Gasteiger partial charge in [0.05, 0.1) is 6.10 Å². The van der Waals surface area contributed by atoms with E-state index >= 15 is 0 Å². The summed E-state index contributed by atoms with van der Waals surface area (Å²) in [5.41, 5.74) is 0. The van der Waals surface area contributed by atoms with Gasteiger partial charge in [0.15, 0.2) is 8.32 Å². The Bertz CT molecular complexity index is 359. The van der Waals surface area contributed by atoms with Crippen molar-refractivity contribution in [1.82, 2.24) is 0 Å². The molecular weight excluding hydrogens is 268 g/mol. The van der Waals surface area contributed by atoms with E-state index in [2.05, 4.69) is 33.9 Å². The molecule has 1 saturated heterocycles. The van der Waals surface area contributed by atoms with Gasteiger partial charge in [-0.05, 0) is 50.2 Å². The van der Waals surface area contributed by atoms with Crippen LogP contribution in [0.5, 0.6) is 0 Å². The highest BCUT2D eigenvalue weighted by Gasteiger charge is 2.44. The second-order valence-corrected chi connectivity index (χ2v) is 12.7. The fourth-order valence-corrected chi connectivity index (χ4v) is 4.52. The molecule has 1 saturated carbocycles. The van der Waals surface area contributed by atoms with Crippen molar-refractivity contribution in [2.24, 2.45) is 5.92 Å². The molecule has 0 spiro atoms. The molecular formula is C16H30O3Si. The molecule has 0 N–H and O–H groups in total. The summed E-state index contributed by atoms with van der Waals surface area (Å²) in [6, 6.07) is 0. The number of rotatable bonds is 2. The standard InChI is InChI=1S/C16H30O3Si/c1-16(2,3)20(4,5)19-14-10-7-9-13-12(14)8-6-11-15(17)18-13/h12-14H,6-11H2,1-5H3/t12-,13+,14?/m1/s1. The van der Waals surface area contributed by atoms with Crippen LogP contribution in [0.3, 0.4) is 0 Å². The average molecular weight is 298 g/mol. The second-order valence-electron chi connectivity index (χ2n) is 7.93. The van der Waals surface area contributed by atoms with Gasteiger partial charge in [-0.1, -0.05) is 20.8 Å². The molecule has 2 aliphatic rings. The van der Waals surface area contributed by atoms with Crippen LogP contribution in [-0.2, 0) is 14.0 Å². The van der Waals surface area contributed by atoms with E-state index in [0.717, 1.165) is 32.1 Å². The van der Waals surface area contributed by atoms with E-state index < -0.39 is 8.32 Å². The third-order valence-electron chi connectivity index (χ3n) is 5.39. The number of carbonyl (C=O) groups excluding carboxylic acids is 1. The minimum Gasteiger partial charge on any atom is -0.462 e. The van der Waals surface area contributed by atoms with Gasteiger partial charge in [0.2, 0.25) is 0 Å². The SMILES string of the molecule is CC(C)(C)[Si](C)(C)OC1CCC[C@@H]2OC(=O)CCC[C@@H]12. The Hall–Kier alpha value is -0.353. The maximum absolute atomic E-state index is 11.6. The van der Waals surface area contributed by atoms with Crippen LogP contribution in [-0.4, -0.2) is 26.5 Å². The van der Waals surface area contributed by atoms with E-state index in [1.807, 2.05) is 0 Å². The molecule has 0 amide bonds. The molecule has 0 bridgehead atoms. The Morgan fingerprint density at radius 3 is 2.50 bits per heavy atom. The van der Waals surface area contributed by atoms with Gasteiger partial charge >= 0.3 is 5.97 Å². The van der Waals surface area contributed by atoms with Gasteiger partial charge in [-0.15, -0.1) is 0 Å². The fourth-order valence-electron chi connectivity index (χ4n) is 3.12. The van der Waals surface area contributed by atoms with Crippen molar-refractivity contribution in [3.05, 3.63) is 0 Å². The number of carbonyl (C=O) groups is 1. The van der Waals surface area contributed by atoms with Crippen molar-refractivity contribution >= 4 is 14.3 Å². The fraction of sp³-hybridized carbons (Fsp3) is 0.938. The lowest BCUT2D eigenvalue weighted by Gasteiger charge is -2.44. The van der Waals surface area contributed by atoms with E-state index in [9.17, 15) is 4.79 Å². The number of hydrogen-bond donors (Lipinski definition) is 0. The molecule has 0 aromatic rings. The molecule has 0 radical (unpaired) electrons. The van der Waals surface area contributed by atoms with Gasteiger partial charge in [0.25, 0.3) is 0 Å². The van der Waals surface area contributed by atoms with E-state index in [-0.39, 0.29) is 17.1 Å². The topological polar surface area (TPSA) is 35.5 Å². The monoisotopic (exact) mass is 298 g/mol. The maximum atomic E-state index is 11.6. The minimum atomic E-state index is -1.74. The van der Waals surface area contributed by atoms with Gasteiger partial charge in [-0.25, -0.2) is 0 Å². The molecule has 0 aromatic heterocycles. The average Bonchev–Trinajstić information content (AvgIpc) is 2.48. The van der Waals surface area contributed by atoms with Crippen LogP contribution in [0.4, 0.5) is 0 Å². The van der Waals surface area contributed by atoms with Gasteiger partial charge < -0.3 is 9.16 Å².